The number of carbonyl (C=O) groups excluding carboxylic acids is 1. The van der Waals surface area contributed by atoms with Gasteiger partial charge in [0.05, 0.1) is 13.3 Å². The smallest absolute Gasteiger partial charge is 0.277 e. The van der Waals surface area contributed by atoms with E-state index in [0.717, 1.165) is 16.3 Å². The number of methoxy groups -OCH3 is 1. The molecule has 0 saturated carbocycles. The molecule has 5 nitrogen and oxygen atoms in total. The van der Waals surface area contributed by atoms with E-state index in [1.165, 1.54) is 5.56 Å². The fourth-order valence-electron chi connectivity index (χ4n) is 2.90. The molecule has 0 aliphatic rings. The van der Waals surface area contributed by atoms with Crippen molar-refractivity contribution in [3.63, 3.8) is 0 Å². The minimum atomic E-state index is -0.328. The number of rotatable bonds is 7. The molecule has 0 aromatic heterocycles. The largest absolute Gasteiger partial charge is 0.496 e. The summed E-state index contributed by atoms with van der Waals surface area (Å²) in [7, 11) is 1.61. The van der Waals surface area contributed by atoms with Crippen LogP contribution in [0, 0.1) is 0 Å². The first-order chi connectivity index (χ1) is 13.6. The maximum absolute atomic E-state index is 12.1. The number of hydrazone groups is 1. The van der Waals surface area contributed by atoms with Crippen LogP contribution in [0.1, 0.15) is 30.9 Å². The number of nitrogens with zero attached hydrogens (tertiary/aromatic N) is 1. The Balaban J connectivity index is 1.64. The lowest BCUT2D eigenvalue weighted by Crippen LogP contribution is -2.24. The number of ether oxygens (including phenoxy) is 2. The zero-order valence-electron chi connectivity index (χ0n) is 16.3. The molecule has 3 rings (SSSR count). The third-order valence-corrected chi connectivity index (χ3v) is 4.43. The van der Waals surface area contributed by atoms with Crippen LogP contribution in [0.3, 0.4) is 0 Å². The Morgan fingerprint density at radius 3 is 2.71 bits per heavy atom. The number of nitrogens with one attached hydrogen (secondary N) is 1. The highest BCUT2D eigenvalue weighted by molar-refractivity contribution is 6.02. The molecular formula is C23H24N2O3. The molecule has 0 aliphatic heterocycles. The van der Waals surface area contributed by atoms with Crippen molar-refractivity contribution < 1.29 is 14.3 Å². The molecule has 28 heavy (non-hydrogen) atoms. The second-order valence-electron chi connectivity index (χ2n) is 6.71. The number of benzene rings is 3. The summed E-state index contributed by atoms with van der Waals surface area (Å²) in [6, 6.07) is 19.6. The molecule has 144 valence electrons. The number of amides is 1. The van der Waals surface area contributed by atoms with Crippen LogP contribution in [0.25, 0.3) is 10.8 Å². The maximum Gasteiger partial charge on any atom is 0.277 e. The summed E-state index contributed by atoms with van der Waals surface area (Å²) in [6.07, 6.45) is 1.60. The number of hydrogen-bond donors (Lipinski definition) is 1. The Morgan fingerprint density at radius 2 is 1.93 bits per heavy atom. The van der Waals surface area contributed by atoms with Gasteiger partial charge in [-0.1, -0.05) is 56.3 Å². The number of hydrogen-bond acceptors (Lipinski definition) is 4. The molecular weight excluding hydrogens is 352 g/mol. The third kappa shape index (κ3) is 4.68. The normalized spacial score (nSPS) is 11.1. The molecule has 3 aromatic rings. The molecule has 0 spiro atoms. The summed E-state index contributed by atoms with van der Waals surface area (Å²) in [5, 5.41) is 6.15. The van der Waals surface area contributed by atoms with Crippen molar-refractivity contribution >= 4 is 22.9 Å². The predicted molar refractivity (Wildman–Crippen MR) is 112 cm³/mol. The Labute approximate surface area is 165 Å². The second-order valence-corrected chi connectivity index (χ2v) is 6.71. The minimum absolute atomic E-state index is 0.106. The van der Waals surface area contributed by atoms with Crippen molar-refractivity contribution in [2.45, 2.75) is 19.8 Å². The SMILES string of the molecule is COc1ccc2ccccc2c1/C=N/NC(=O)COc1cccc(C(C)C)c1. The Kier molecular flexibility index (Phi) is 6.27. The van der Waals surface area contributed by atoms with E-state index in [4.69, 9.17) is 9.47 Å². The van der Waals surface area contributed by atoms with Gasteiger partial charge in [0.2, 0.25) is 0 Å². The van der Waals surface area contributed by atoms with E-state index in [1.54, 1.807) is 13.3 Å². The lowest BCUT2D eigenvalue weighted by molar-refractivity contribution is -0.123. The van der Waals surface area contributed by atoms with Crippen molar-refractivity contribution in [3.8, 4) is 11.5 Å². The van der Waals surface area contributed by atoms with Crippen LogP contribution in [0.15, 0.2) is 65.8 Å². The zero-order valence-corrected chi connectivity index (χ0v) is 16.3. The molecule has 0 saturated heterocycles. The highest BCUT2D eigenvalue weighted by atomic mass is 16.5. The highest BCUT2D eigenvalue weighted by Crippen LogP contribution is 2.26. The quantitative estimate of drug-likeness (QED) is 0.488. The predicted octanol–water partition coefficient (Wildman–Crippen LogP) is 4.50. The van der Waals surface area contributed by atoms with Crippen LogP contribution in [-0.4, -0.2) is 25.8 Å². The van der Waals surface area contributed by atoms with Crippen LogP contribution < -0.4 is 14.9 Å². The molecule has 5 heteroatoms. The summed E-state index contributed by atoms with van der Waals surface area (Å²) in [5.74, 6) is 1.43. The summed E-state index contributed by atoms with van der Waals surface area (Å²) in [6.45, 7) is 4.12. The van der Waals surface area contributed by atoms with Crippen molar-refractivity contribution in [2.24, 2.45) is 5.10 Å². The summed E-state index contributed by atoms with van der Waals surface area (Å²) >= 11 is 0. The molecule has 0 heterocycles. The van der Waals surface area contributed by atoms with Crippen LogP contribution in [0.2, 0.25) is 0 Å². The van der Waals surface area contributed by atoms with Crippen LogP contribution in [0.5, 0.6) is 11.5 Å². The maximum atomic E-state index is 12.1. The van der Waals surface area contributed by atoms with Gasteiger partial charge in [0.1, 0.15) is 11.5 Å². The molecule has 1 amide bonds. The van der Waals surface area contributed by atoms with Gasteiger partial charge in [0.25, 0.3) is 5.91 Å². The lowest BCUT2D eigenvalue weighted by atomic mass is 10.0. The zero-order chi connectivity index (χ0) is 19.9. The molecule has 0 bridgehead atoms. The Bertz CT molecular complexity index is 996. The third-order valence-electron chi connectivity index (χ3n) is 4.43. The van der Waals surface area contributed by atoms with Crippen LogP contribution in [0.4, 0.5) is 0 Å². The Morgan fingerprint density at radius 1 is 1.11 bits per heavy atom. The van der Waals surface area contributed by atoms with Gasteiger partial charge in [0.15, 0.2) is 6.61 Å². The van der Waals surface area contributed by atoms with Crippen molar-refractivity contribution in [1.29, 1.82) is 0 Å². The topological polar surface area (TPSA) is 59.9 Å². The lowest BCUT2D eigenvalue weighted by Gasteiger charge is -2.10. The molecule has 3 aromatic carbocycles. The van der Waals surface area contributed by atoms with E-state index in [9.17, 15) is 4.79 Å². The van der Waals surface area contributed by atoms with Gasteiger partial charge >= 0.3 is 0 Å². The van der Waals surface area contributed by atoms with Gasteiger partial charge < -0.3 is 9.47 Å². The summed E-state index contributed by atoms with van der Waals surface area (Å²) in [4.78, 5) is 12.1. The van der Waals surface area contributed by atoms with Crippen LogP contribution in [-0.2, 0) is 4.79 Å². The van der Waals surface area contributed by atoms with E-state index in [-0.39, 0.29) is 12.5 Å². The number of carbonyl (C=O) groups is 1. The van der Waals surface area contributed by atoms with Crippen LogP contribution >= 0.6 is 0 Å². The highest BCUT2D eigenvalue weighted by Gasteiger charge is 2.07. The number of fused-ring (bicyclic) bond motifs is 1. The van der Waals surface area contributed by atoms with Crippen molar-refractivity contribution in [2.75, 3.05) is 13.7 Å². The molecule has 0 unspecified atom stereocenters. The second kappa shape index (κ2) is 9.04. The molecule has 0 radical (unpaired) electrons. The summed E-state index contributed by atoms with van der Waals surface area (Å²) in [5.41, 5.74) is 4.48. The first-order valence-corrected chi connectivity index (χ1v) is 9.19. The van der Waals surface area contributed by atoms with E-state index in [0.29, 0.717) is 17.4 Å². The Hall–Kier alpha value is -3.34. The van der Waals surface area contributed by atoms with E-state index < -0.39 is 0 Å². The van der Waals surface area contributed by atoms with Gasteiger partial charge in [-0.3, -0.25) is 4.79 Å². The molecule has 0 aliphatic carbocycles. The average molecular weight is 376 g/mol. The first-order valence-electron chi connectivity index (χ1n) is 9.19. The van der Waals surface area contributed by atoms with Crippen molar-refractivity contribution in [1.82, 2.24) is 5.43 Å². The van der Waals surface area contributed by atoms with E-state index in [1.807, 2.05) is 60.7 Å². The average Bonchev–Trinajstić information content (AvgIpc) is 2.72. The minimum Gasteiger partial charge on any atom is -0.496 e. The van der Waals surface area contributed by atoms with E-state index in [2.05, 4.69) is 24.4 Å². The van der Waals surface area contributed by atoms with Gasteiger partial charge in [0, 0.05) is 5.56 Å². The van der Waals surface area contributed by atoms with Crippen molar-refractivity contribution in [3.05, 3.63) is 71.8 Å². The molecule has 0 fully saturated rings. The fraction of sp³-hybridized carbons (Fsp3) is 0.217. The molecule has 1 N–H and O–H groups in total. The molecule has 0 atom stereocenters. The van der Waals surface area contributed by atoms with Gasteiger partial charge in [-0.2, -0.15) is 5.10 Å². The summed E-state index contributed by atoms with van der Waals surface area (Å²) < 4.78 is 11.0. The standard InChI is InChI=1S/C23H24N2O3/c1-16(2)18-8-6-9-19(13-18)28-15-23(26)25-24-14-21-20-10-5-4-7-17(20)11-12-22(21)27-3/h4-14,16H,15H2,1-3H3,(H,25,26)/b24-14+. The van der Waals surface area contributed by atoms with Gasteiger partial charge in [-0.05, 0) is 40.5 Å². The fourth-order valence-corrected chi connectivity index (χ4v) is 2.90. The van der Waals surface area contributed by atoms with Gasteiger partial charge in [-0.25, -0.2) is 5.43 Å². The van der Waals surface area contributed by atoms with E-state index >= 15 is 0 Å². The first kappa shape index (κ1) is 19.4. The van der Waals surface area contributed by atoms with Gasteiger partial charge in [-0.15, -0.1) is 0 Å². The monoisotopic (exact) mass is 376 g/mol.